The third-order valence-corrected chi connectivity index (χ3v) is 3.12. The number of hydrogen-bond acceptors (Lipinski definition) is 4. The summed E-state index contributed by atoms with van der Waals surface area (Å²) in [6, 6.07) is 2.31. The Kier molecular flexibility index (Phi) is 3.27. The topological polar surface area (TPSA) is 46.0 Å². The van der Waals surface area contributed by atoms with Crippen molar-refractivity contribution in [3.05, 3.63) is 45.7 Å². The summed E-state index contributed by atoms with van der Waals surface area (Å²) in [6.45, 7) is 0. The third-order valence-electron chi connectivity index (χ3n) is 2.01. The second kappa shape index (κ2) is 4.52. The fourth-order valence-corrected chi connectivity index (χ4v) is 2.02. The Labute approximate surface area is 102 Å². The fraction of sp³-hybridized carbons (Fsp3) is 0.111. The van der Waals surface area contributed by atoms with Gasteiger partial charge in [-0.25, -0.2) is 8.78 Å². The molecule has 84 valence electrons. The van der Waals surface area contributed by atoms with E-state index in [9.17, 15) is 13.9 Å². The molecule has 2 rings (SSSR count). The Morgan fingerprint density at radius 3 is 2.75 bits per heavy atom. The molecule has 0 amide bonds. The number of hydrogen-bond donors (Lipinski definition) is 1. The Morgan fingerprint density at radius 1 is 1.38 bits per heavy atom. The van der Waals surface area contributed by atoms with Crippen molar-refractivity contribution in [3.63, 3.8) is 0 Å². The largest absolute Gasteiger partial charge is 0.382 e. The van der Waals surface area contributed by atoms with E-state index in [2.05, 4.69) is 24.7 Å². The lowest BCUT2D eigenvalue weighted by molar-refractivity contribution is 0.205. The van der Waals surface area contributed by atoms with Crippen LogP contribution in [0.1, 0.15) is 17.4 Å². The van der Waals surface area contributed by atoms with Crippen molar-refractivity contribution in [2.75, 3.05) is 0 Å². The number of aromatic nitrogens is 2. The molecule has 1 unspecified atom stereocenters. The quantitative estimate of drug-likeness (QED) is 0.868. The van der Waals surface area contributed by atoms with Crippen molar-refractivity contribution in [1.29, 1.82) is 0 Å². The SMILES string of the molecule is OC(c1cnsn1)c1c(F)ccc(Br)c1F. The monoisotopic (exact) mass is 306 g/mol. The van der Waals surface area contributed by atoms with Crippen LogP contribution in [-0.4, -0.2) is 13.9 Å². The van der Waals surface area contributed by atoms with Crippen LogP contribution in [0.25, 0.3) is 0 Å². The first kappa shape index (κ1) is 11.6. The Morgan fingerprint density at radius 2 is 2.12 bits per heavy atom. The first-order valence-corrected chi connectivity index (χ1v) is 5.72. The third kappa shape index (κ3) is 1.98. The second-order valence-corrected chi connectivity index (χ2v) is 4.40. The highest BCUT2D eigenvalue weighted by atomic mass is 79.9. The highest BCUT2D eigenvalue weighted by molar-refractivity contribution is 9.10. The van der Waals surface area contributed by atoms with Crippen LogP contribution < -0.4 is 0 Å². The van der Waals surface area contributed by atoms with Crippen LogP contribution in [0.3, 0.4) is 0 Å². The van der Waals surface area contributed by atoms with Crippen LogP contribution in [-0.2, 0) is 0 Å². The van der Waals surface area contributed by atoms with Crippen LogP contribution in [0.2, 0.25) is 0 Å². The highest BCUT2D eigenvalue weighted by Gasteiger charge is 2.23. The number of rotatable bonds is 2. The summed E-state index contributed by atoms with van der Waals surface area (Å²) >= 11 is 3.79. The molecule has 1 N–H and O–H groups in total. The van der Waals surface area contributed by atoms with Gasteiger partial charge in [0, 0.05) is 0 Å². The minimum absolute atomic E-state index is 0.0890. The van der Waals surface area contributed by atoms with Gasteiger partial charge in [-0.3, -0.25) is 0 Å². The molecular weight excluding hydrogens is 302 g/mol. The van der Waals surface area contributed by atoms with Crippen molar-refractivity contribution < 1.29 is 13.9 Å². The van der Waals surface area contributed by atoms with E-state index in [0.717, 1.165) is 17.8 Å². The van der Waals surface area contributed by atoms with Gasteiger partial charge in [0.2, 0.25) is 0 Å². The van der Waals surface area contributed by atoms with Crippen molar-refractivity contribution in [2.24, 2.45) is 0 Å². The number of benzene rings is 1. The van der Waals surface area contributed by atoms with Gasteiger partial charge >= 0.3 is 0 Å². The van der Waals surface area contributed by atoms with E-state index in [4.69, 9.17) is 0 Å². The molecule has 0 aliphatic rings. The molecule has 1 atom stereocenters. The number of halogens is 3. The van der Waals surface area contributed by atoms with Gasteiger partial charge in [0.1, 0.15) is 23.4 Å². The normalized spacial score (nSPS) is 12.8. The lowest BCUT2D eigenvalue weighted by Gasteiger charge is -2.10. The standard InChI is InChI=1S/C9H5BrF2N2OS/c10-4-1-2-5(11)7(8(4)12)9(15)6-3-13-16-14-6/h1-3,9,15H. The van der Waals surface area contributed by atoms with Gasteiger partial charge in [0.05, 0.1) is 28.0 Å². The molecule has 0 aliphatic heterocycles. The average molecular weight is 307 g/mol. The van der Waals surface area contributed by atoms with E-state index >= 15 is 0 Å². The van der Waals surface area contributed by atoms with Gasteiger partial charge in [0.15, 0.2) is 0 Å². The lowest BCUT2D eigenvalue weighted by atomic mass is 10.1. The maximum atomic E-state index is 13.6. The average Bonchev–Trinajstić information content (AvgIpc) is 2.77. The van der Waals surface area contributed by atoms with Gasteiger partial charge in [-0.05, 0) is 28.1 Å². The van der Waals surface area contributed by atoms with Crippen LogP contribution in [0, 0.1) is 11.6 Å². The molecule has 0 radical (unpaired) electrons. The molecule has 0 saturated carbocycles. The van der Waals surface area contributed by atoms with Gasteiger partial charge in [-0.15, -0.1) is 0 Å². The summed E-state index contributed by atoms with van der Waals surface area (Å²) < 4.78 is 34.5. The molecule has 1 aromatic carbocycles. The summed E-state index contributed by atoms with van der Waals surface area (Å²) in [5, 5.41) is 9.77. The molecule has 0 fully saturated rings. The van der Waals surface area contributed by atoms with Crippen molar-refractivity contribution >= 4 is 27.7 Å². The maximum Gasteiger partial charge on any atom is 0.146 e. The molecule has 1 aromatic heterocycles. The fourth-order valence-electron chi connectivity index (χ4n) is 1.23. The molecule has 0 bridgehead atoms. The molecule has 1 heterocycles. The van der Waals surface area contributed by atoms with Gasteiger partial charge in [-0.1, -0.05) is 0 Å². The number of aliphatic hydroxyl groups excluding tert-OH is 1. The Hall–Kier alpha value is -0.920. The van der Waals surface area contributed by atoms with E-state index in [1.165, 1.54) is 12.3 Å². The zero-order valence-corrected chi connectivity index (χ0v) is 10.1. The number of nitrogens with zero attached hydrogens (tertiary/aromatic N) is 2. The van der Waals surface area contributed by atoms with Crippen molar-refractivity contribution in [3.8, 4) is 0 Å². The summed E-state index contributed by atoms with van der Waals surface area (Å²) in [5.41, 5.74) is -0.303. The Balaban J connectivity index is 2.52. The second-order valence-electron chi connectivity index (χ2n) is 2.99. The van der Waals surface area contributed by atoms with Crippen LogP contribution >= 0.6 is 27.7 Å². The summed E-state index contributed by atoms with van der Waals surface area (Å²) in [7, 11) is 0. The molecule has 3 nitrogen and oxygen atoms in total. The molecule has 16 heavy (non-hydrogen) atoms. The molecular formula is C9H5BrF2N2OS. The van der Waals surface area contributed by atoms with Crippen molar-refractivity contribution in [2.45, 2.75) is 6.10 Å². The summed E-state index contributed by atoms with van der Waals surface area (Å²) in [4.78, 5) is 0. The summed E-state index contributed by atoms with van der Waals surface area (Å²) in [5.74, 6) is -1.65. The Bertz CT molecular complexity index is 506. The van der Waals surface area contributed by atoms with E-state index < -0.39 is 23.3 Å². The first-order valence-electron chi connectivity index (χ1n) is 4.20. The van der Waals surface area contributed by atoms with Crippen LogP contribution in [0.4, 0.5) is 8.78 Å². The molecule has 0 aliphatic carbocycles. The van der Waals surface area contributed by atoms with Crippen LogP contribution in [0.15, 0.2) is 22.8 Å². The van der Waals surface area contributed by atoms with Crippen LogP contribution in [0.5, 0.6) is 0 Å². The zero-order chi connectivity index (χ0) is 11.7. The predicted octanol–water partition coefficient (Wildman–Crippen LogP) is 2.66. The minimum atomic E-state index is -1.45. The zero-order valence-electron chi connectivity index (χ0n) is 7.69. The molecule has 7 heteroatoms. The predicted molar refractivity (Wildman–Crippen MR) is 58.0 cm³/mol. The van der Waals surface area contributed by atoms with E-state index in [0.29, 0.717) is 0 Å². The van der Waals surface area contributed by atoms with Gasteiger partial charge in [0.25, 0.3) is 0 Å². The lowest BCUT2D eigenvalue weighted by Crippen LogP contribution is -2.06. The maximum absolute atomic E-state index is 13.6. The van der Waals surface area contributed by atoms with Gasteiger partial charge < -0.3 is 5.11 Å². The molecule has 2 aromatic rings. The van der Waals surface area contributed by atoms with Gasteiger partial charge in [-0.2, -0.15) is 8.75 Å². The van der Waals surface area contributed by atoms with E-state index in [1.807, 2.05) is 0 Å². The highest BCUT2D eigenvalue weighted by Crippen LogP contribution is 2.29. The molecule has 0 spiro atoms. The summed E-state index contributed by atoms with van der Waals surface area (Å²) in [6.07, 6.45) is -0.175. The smallest absolute Gasteiger partial charge is 0.146 e. The molecule has 0 saturated heterocycles. The van der Waals surface area contributed by atoms with E-state index in [-0.39, 0.29) is 10.2 Å². The van der Waals surface area contributed by atoms with Crippen molar-refractivity contribution in [1.82, 2.24) is 8.75 Å². The minimum Gasteiger partial charge on any atom is -0.382 e. The van der Waals surface area contributed by atoms with E-state index in [1.54, 1.807) is 0 Å². The number of aliphatic hydroxyl groups is 1. The first-order chi connectivity index (χ1) is 7.61.